The topological polar surface area (TPSA) is 270 Å². The Morgan fingerprint density at radius 2 is 1.84 bits per heavy atom. The fraction of sp³-hybridized carbons (Fsp3) is 0.417. The number of rotatable bonds is 9. The van der Waals surface area contributed by atoms with Crippen LogP contribution in [0.1, 0.15) is 6.04 Å². The van der Waals surface area contributed by atoms with Crippen molar-refractivity contribution in [3.05, 3.63) is 28.8 Å². The zero-order valence-electron chi connectivity index (χ0n) is 15.8. The minimum Gasteiger partial charge on any atom is -0.396 e. The van der Waals surface area contributed by atoms with E-state index in [-0.39, 0.29) is 17.1 Å². The third-order valence-electron chi connectivity index (χ3n) is 4.57. The first kappa shape index (κ1) is 24.9. The summed E-state index contributed by atoms with van der Waals surface area (Å²) < 4.78 is 47.3. The maximum atomic E-state index is 11.9. The average Bonchev–Trinajstić information content (AvgIpc) is 2.99. The van der Waals surface area contributed by atoms with Crippen molar-refractivity contribution in [2.75, 3.05) is 18.9 Å². The lowest BCUT2D eigenvalue weighted by Crippen LogP contribution is -2.45. The molecular formula is C12H18N5O12P3. The Morgan fingerprint density at radius 1 is 1.19 bits per heavy atom. The van der Waals surface area contributed by atoms with E-state index in [1.807, 2.05) is 0 Å². The van der Waals surface area contributed by atoms with E-state index in [0.29, 0.717) is 5.57 Å². The molecule has 20 heteroatoms. The first-order chi connectivity index (χ1) is 14.6. The van der Waals surface area contributed by atoms with Gasteiger partial charge in [-0.05, 0) is 5.57 Å². The molecular weight excluding hydrogens is 499 g/mol. The van der Waals surface area contributed by atoms with Crippen LogP contribution in [0.3, 0.4) is 0 Å². The number of phosphoric acid groups is 3. The molecule has 2 aromatic heterocycles. The zero-order chi connectivity index (χ0) is 24.1. The van der Waals surface area contributed by atoms with Gasteiger partial charge in [0.15, 0.2) is 11.2 Å². The predicted molar refractivity (Wildman–Crippen MR) is 105 cm³/mol. The molecule has 0 aliphatic heterocycles. The molecule has 8 N–H and O–H groups in total. The van der Waals surface area contributed by atoms with E-state index < -0.39 is 60.1 Å². The van der Waals surface area contributed by atoms with Crippen LogP contribution in [0.15, 0.2) is 23.3 Å². The van der Waals surface area contributed by atoms with Gasteiger partial charge < -0.3 is 35.0 Å². The molecule has 1 aliphatic carbocycles. The van der Waals surface area contributed by atoms with Gasteiger partial charge in [-0.1, -0.05) is 6.58 Å². The Morgan fingerprint density at radius 3 is 2.44 bits per heavy atom. The van der Waals surface area contributed by atoms with Gasteiger partial charge in [-0.2, -0.15) is 13.6 Å². The van der Waals surface area contributed by atoms with E-state index in [4.69, 9.17) is 15.5 Å². The molecule has 0 amide bonds. The second kappa shape index (κ2) is 8.56. The standard InChI is InChI=1S/C12H18N5O12P3/c1-5-7(3-27-31(23,24)29-32(25,26)28-30(20,21)22)6(2-18)9(5)17-4-14-8-10(17)15-12(13)16-11(8)19/h4,6-7,9,18H,1-3H2,(H,23,24)(H,25,26)(H2,20,21,22)(H3,13,15,16,19)/t6-,7+,9-/m1/s1. The summed E-state index contributed by atoms with van der Waals surface area (Å²) in [7, 11) is -16.5. The lowest BCUT2D eigenvalue weighted by Gasteiger charge is -2.46. The number of aromatic amines is 1. The summed E-state index contributed by atoms with van der Waals surface area (Å²) in [5, 5.41) is 9.77. The SMILES string of the molecule is C=C1[C@@H](n2cnc3c(=O)[nH]c(N)nc32)[C@H](CO)[C@H]1COP(=O)(O)OP(=O)(O)OP(=O)(O)O. The van der Waals surface area contributed by atoms with Gasteiger partial charge in [-0.25, -0.2) is 18.7 Å². The number of hydrogen-bond donors (Lipinski definition) is 7. The number of hydrogen-bond acceptors (Lipinski definition) is 11. The van der Waals surface area contributed by atoms with E-state index in [0.717, 1.165) is 0 Å². The highest BCUT2D eigenvalue weighted by Crippen LogP contribution is 2.66. The Kier molecular flexibility index (Phi) is 6.66. The van der Waals surface area contributed by atoms with E-state index in [9.17, 15) is 33.4 Å². The van der Waals surface area contributed by atoms with Gasteiger partial charge in [-0.3, -0.25) is 14.3 Å². The van der Waals surface area contributed by atoms with Crippen LogP contribution < -0.4 is 11.3 Å². The number of imidazole rings is 1. The zero-order valence-corrected chi connectivity index (χ0v) is 18.5. The molecule has 5 atom stereocenters. The summed E-state index contributed by atoms with van der Waals surface area (Å²) in [5.74, 6) is -1.60. The maximum absolute atomic E-state index is 11.9. The van der Waals surface area contributed by atoms with Gasteiger partial charge in [0.2, 0.25) is 5.95 Å². The molecule has 17 nitrogen and oxygen atoms in total. The number of H-pyrrole nitrogens is 1. The van der Waals surface area contributed by atoms with Crippen LogP contribution >= 0.6 is 23.5 Å². The van der Waals surface area contributed by atoms with Crippen LogP contribution in [0.4, 0.5) is 5.95 Å². The Labute approximate surface area is 178 Å². The summed E-state index contributed by atoms with van der Waals surface area (Å²) in [6, 6.07) is -0.645. The van der Waals surface area contributed by atoms with Gasteiger partial charge in [0.1, 0.15) is 0 Å². The second-order valence-electron chi connectivity index (χ2n) is 6.63. The van der Waals surface area contributed by atoms with Crippen molar-refractivity contribution in [2.24, 2.45) is 11.8 Å². The minimum absolute atomic E-state index is 0.0135. The molecule has 2 unspecified atom stereocenters. The number of aliphatic hydroxyl groups is 1. The number of anilines is 1. The third kappa shape index (κ3) is 5.25. The summed E-state index contributed by atoms with van der Waals surface area (Å²) in [5.41, 5.74) is 5.43. The third-order valence-corrected chi connectivity index (χ3v) is 8.38. The van der Waals surface area contributed by atoms with Crippen LogP contribution in [-0.2, 0) is 26.8 Å². The second-order valence-corrected chi connectivity index (χ2v) is 11.1. The molecule has 2 aromatic rings. The molecule has 0 saturated heterocycles. The molecule has 1 fully saturated rings. The Hall–Kier alpha value is -1.74. The number of phosphoric ester groups is 1. The fourth-order valence-electron chi connectivity index (χ4n) is 3.34. The smallest absolute Gasteiger partial charge is 0.396 e. The highest BCUT2D eigenvalue weighted by molar-refractivity contribution is 7.66. The number of nitrogens with zero attached hydrogens (tertiary/aromatic N) is 3. The predicted octanol–water partition coefficient (Wildman–Crippen LogP) is -0.619. The van der Waals surface area contributed by atoms with Crippen LogP contribution in [0.25, 0.3) is 11.2 Å². The summed E-state index contributed by atoms with van der Waals surface area (Å²) in [6.45, 7) is 2.73. The van der Waals surface area contributed by atoms with Crippen molar-refractivity contribution in [1.29, 1.82) is 0 Å². The number of nitrogen functional groups attached to an aromatic ring is 1. The molecule has 0 aromatic carbocycles. The fourth-order valence-corrected chi connectivity index (χ4v) is 6.38. The normalized spacial score (nSPS) is 25.3. The highest BCUT2D eigenvalue weighted by atomic mass is 31.3. The molecule has 2 heterocycles. The first-order valence-corrected chi connectivity index (χ1v) is 13.0. The van der Waals surface area contributed by atoms with E-state index >= 15 is 0 Å². The number of fused-ring (bicyclic) bond motifs is 1. The number of nitrogens with two attached hydrogens (primary N) is 1. The van der Waals surface area contributed by atoms with Crippen molar-refractivity contribution in [3.63, 3.8) is 0 Å². The van der Waals surface area contributed by atoms with E-state index in [2.05, 4.69) is 34.7 Å². The molecule has 32 heavy (non-hydrogen) atoms. The highest BCUT2D eigenvalue weighted by Gasteiger charge is 2.48. The molecule has 1 aliphatic rings. The van der Waals surface area contributed by atoms with Gasteiger partial charge >= 0.3 is 23.5 Å². The van der Waals surface area contributed by atoms with Crippen molar-refractivity contribution >= 4 is 40.6 Å². The molecule has 178 valence electrons. The summed E-state index contributed by atoms with van der Waals surface area (Å²) in [6.07, 6.45) is 1.28. The average molecular weight is 517 g/mol. The van der Waals surface area contributed by atoms with Crippen molar-refractivity contribution in [2.45, 2.75) is 6.04 Å². The van der Waals surface area contributed by atoms with Crippen molar-refractivity contribution in [3.8, 4) is 0 Å². The number of nitrogens with one attached hydrogen (secondary N) is 1. The lowest BCUT2D eigenvalue weighted by molar-refractivity contribution is 0.0500. The van der Waals surface area contributed by atoms with Gasteiger partial charge in [0.05, 0.1) is 19.0 Å². The van der Waals surface area contributed by atoms with Crippen molar-refractivity contribution in [1.82, 2.24) is 19.5 Å². The monoisotopic (exact) mass is 517 g/mol. The molecule has 0 spiro atoms. The quantitative estimate of drug-likeness (QED) is 0.161. The summed E-state index contributed by atoms with van der Waals surface area (Å²) in [4.78, 5) is 58.0. The number of aliphatic hydroxyl groups excluding tert-OH is 1. The van der Waals surface area contributed by atoms with Crippen LogP contribution in [-0.4, -0.2) is 57.4 Å². The lowest BCUT2D eigenvalue weighted by atomic mass is 9.66. The van der Waals surface area contributed by atoms with E-state index in [1.54, 1.807) is 0 Å². The molecule has 0 radical (unpaired) electrons. The minimum atomic E-state index is -5.65. The van der Waals surface area contributed by atoms with Gasteiger partial charge in [0.25, 0.3) is 5.56 Å². The van der Waals surface area contributed by atoms with Crippen LogP contribution in [0, 0.1) is 11.8 Å². The van der Waals surface area contributed by atoms with Crippen LogP contribution in [0.5, 0.6) is 0 Å². The summed E-state index contributed by atoms with van der Waals surface area (Å²) >= 11 is 0. The van der Waals surface area contributed by atoms with Crippen LogP contribution in [0.2, 0.25) is 0 Å². The first-order valence-electron chi connectivity index (χ1n) is 8.44. The van der Waals surface area contributed by atoms with E-state index in [1.165, 1.54) is 10.9 Å². The van der Waals surface area contributed by atoms with Gasteiger partial charge in [0, 0.05) is 18.4 Å². The molecule has 3 rings (SSSR count). The largest absolute Gasteiger partial charge is 0.490 e. The molecule has 1 saturated carbocycles. The van der Waals surface area contributed by atoms with Gasteiger partial charge in [-0.15, -0.1) is 0 Å². The number of aromatic nitrogens is 4. The van der Waals surface area contributed by atoms with Crippen molar-refractivity contribution < 1.29 is 51.5 Å². The molecule has 0 bridgehead atoms. The Bertz CT molecular complexity index is 1250. The maximum Gasteiger partial charge on any atom is 0.490 e. The Balaban J connectivity index is 1.73.